The molecule has 4 rings (SSSR count). The molecule has 0 aliphatic rings. The Kier molecular flexibility index (Phi) is 9.41. The Hall–Kier alpha value is -4.63. The summed E-state index contributed by atoms with van der Waals surface area (Å²) in [4.78, 5) is 26.5. The average molecular weight is 572 g/mol. The van der Waals surface area contributed by atoms with Crippen LogP contribution in [0.3, 0.4) is 0 Å². The summed E-state index contributed by atoms with van der Waals surface area (Å²) in [5, 5.41) is 5.69. The third-order valence-corrected chi connectivity index (χ3v) is 8.21. The standard InChI is InChI=1S/C32H33N3O5S/c1-4-40-27-18-20-28(21-19-27)41(38,39)35(26-16-14-23(2)15-17-26)22-31(36)34-30-13-9-8-12-29(30)32(37)33-24(3)25-10-6-5-7-11-25/h5-21,24H,4,22H2,1-3H3,(H,33,37)(H,34,36)/t24-/m0/s1. The number of hydrogen-bond acceptors (Lipinski definition) is 5. The molecule has 0 heterocycles. The van der Waals surface area contributed by atoms with Crippen LogP contribution in [0, 0.1) is 6.92 Å². The second-order valence-electron chi connectivity index (χ2n) is 9.45. The van der Waals surface area contributed by atoms with Crippen molar-refractivity contribution < 1.29 is 22.7 Å². The summed E-state index contributed by atoms with van der Waals surface area (Å²) >= 11 is 0. The molecule has 0 saturated carbocycles. The van der Waals surface area contributed by atoms with Crippen molar-refractivity contribution in [1.82, 2.24) is 5.32 Å². The van der Waals surface area contributed by atoms with E-state index in [9.17, 15) is 18.0 Å². The van der Waals surface area contributed by atoms with Crippen LogP contribution in [0.5, 0.6) is 5.75 Å². The van der Waals surface area contributed by atoms with Crippen LogP contribution in [0.2, 0.25) is 0 Å². The van der Waals surface area contributed by atoms with Gasteiger partial charge in [-0.05, 0) is 74.9 Å². The minimum absolute atomic E-state index is 0.0176. The van der Waals surface area contributed by atoms with Crippen LogP contribution in [0.1, 0.15) is 41.4 Å². The molecule has 0 saturated heterocycles. The molecule has 0 spiro atoms. The Morgan fingerprint density at radius 2 is 1.49 bits per heavy atom. The fourth-order valence-corrected chi connectivity index (χ4v) is 5.66. The molecule has 4 aromatic rings. The molecule has 212 valence electrons. The molecule has 0 fully saturated rings. The van der Waals surface area contributed by atoms with E-state index >= 15 is 0 Å². The quantitative estimate of drug-likeness (QED) is 0.240. The van der Waals surface area contributed by atoms with Gasteiger partial charge >= 0.3 is 0 Å². The van der Waals surface area contributed by atoms with Gasteiger partial charge in [-0.3, -0.25) is 13.9 Å². The predicted octanol–water partition coefficient (Wildman–Crippen LogP) is 5.72. The molecule has 1 atom stereocenters. The second-order valence-corrected chi connectivity index (χ2v) is 11.3. The number of nitrogens with zero attached hydrogens (tertiary/aromatic N) is 1. The Morgan fingerprint density at radius 1 is 0.854 bits per heavy atom. The monoisotopic (exact) mass is 571 g/mol. The fraction of sp³-hybridized carbons (Fsp3) is 0.188. The highest BCUT2D eigenvalue weighted by Crippen LogP contribution is 2.26. The molecular weight excluding hydrogens is 538 g/mol. The maximum absolute atomic E-state index is 13.7. The zero-order chi connectivity index (χ0) is 29.4. The number of para-hydroxylation sites is 1. The number of carbonyl (C=O) groups is 2. The van der Waals surface area contributed by atoms with Crippen LogP contribution in [-0.2, 0) is 14.8 Å². The molecule has 41 heavy (non-hydrogen) atoms. The highest BCUT2D eigenvalue weighted by atomic mass is 32.2. The lowest BCUT2D eigenvalue weighted by atomic mass is 10.1. The van der Waals surface area contributed by atoms with E-state index in [-0.39, 0.29) is 28.1 Å². The molecule has 2 amide bonds. The third-order valence-electron chi connectivity index (χ3n) is 6.42. The zero-order valence-corrected chi connectivity index (χ0v) is 24.0. The van der Waals surface area contributed by atoms with Gasteiger partial charge < -0.3 is 15.4 Å². The Bertz CT molecular complexity index is 1590. The topological polar surface area (TPSA) is 105 Å². The zero-order valence-electron chi connectivity index (χ0n) is 23.2. The number of benzene rings is 4. The number of ether oxygens (including phenoxy) is 1. The fourth-order valence-electron chi connectivity index (χ4n) is 4.24. The summed E-state index contributed by atoms with van der Waals surface area (Å²) < 4.78 is 34.0. The highest BCUT2D eigenvalue weighted by molar-refractivity contribution is 7.92. The molecule has 2 N–H and O–H groups in total. The van der Waals surface area contributed by atoms with Crippen molar-refractivity contribution in [3.63, 3.8) is 0 Å². The molecule has 9 heteroatoms. The number of hydrogen-bond donors (Lipinski definition) is 2. The molecular formula is C32H33N3O5S. The van der Waals surface area contributed by atoms with Crippen LogP contribution in [-0.4, -0.2) is 33.4 Å². The minimum Gasteiger partial charge on any atom is -0.494 e. The summed E-state index contributed by atoms with van der Waals surface area (Å²) in [6.45, 7) is 5.55. The summed E-state index contributed by atoms with van der Waals surface area (Å²) in [5.74, 6) is -0.423. The summed E-state index contributed by atoms with van der Waals surface area (Å²) in [7, 11) is -4.12. The maximum atomic E-state index is 13.7. The van der Waals surface area contributed by atoms with E-state index in [1.165, 1.54) is 12.1 Å². The van der Waals surface area contributed by atoms with Crippen LogP contribution in [0.15, 0.2) is 108 Å². The van der Waals surface area contributed by atoms with Crippen molar-refractivity contribution in [1.29, 1.82) is 0 Å². The summed E-state index contributed by atoms with van der Waals surface area (Å²) in [5.41, 5.74) is 2.76. The van der Waals surface area contributed by atoms with Crippen molar-refractivity contribution in [3.8, 4) is 5.75 Å². The van der Waals surface area contributed by atoms with Gasteiger partial charge in [0.25, 0.3) is 15.9 Å². The van der Waals surface area contributed by atoms with Crippen LogP contribution < -0.4 is 19.7 Å². The number of aryl methyl sites for hydroxylation is 1. The van der Waals surface area contributed by atoms with Gasteiger partial charge in [0.15, 0.2) is 0 Å². The van der Waals surface area contributed by atoms with Crippen molar-refractivity contribution in [2.45, 2.75) is 31.7 Å². The first kappa shape index (κ1) is 29.4. The molecule has 4 aromatic carbocycles. The second kappa shape index (κ2) is 13.1. The Labute approximate surface area is 241 Å². The lowest BCUT2D eigenvalue weighted by Gasteiger charge is -2.24. The van der Waals surface area contributed by atoms with Gasteiger partial charge in [-0.15, -0.1) is 0 Å². The smallest absolute Gasteiger partial charge is 0.264 e. The predicted molar refractivity (Wildman–Crippen MR) is 161 cm³/mol. The van der Waals surface area contributed by atoms with Crippen LogP contribution >= 0.6 is 0 Å². The lowest BCUT2D eigenvalue weighted by molar-refractivity contribution is -0.114. The molecule has 0 aliphatic heterocycles. The van der Waals surface area contributed by atoms with Gasteiger partial charge in [0, 0.05) is 0 Å². The van der Waals surface area contributed by atoms with Crippen LogP contribution in [0.4, 0.5) is 11.4 Å². The molecule has 8 nitrogen and oxygen atoms in total. The number of anilines is 2. The number of sulfonamides is 1. The molecule has 0 aromatic heterocycles. The molecule has 0 unspecified atom stereocenters. The largest absolute Gasteiger partial charge is 0.494 e. The van der Waals surface area contributed by atoms with Gasteiger partial charge in [0.05, 0.1) is 34.5 Å². The third kappa shape index (κ3) is 7.32. The van der Waals surface area contributed by atoms with E-state index in [4.69, 9.17) is 4.74 Å². The lowest BCUT2D eigenvalue weighted by Crippen LogP contribution is -2.38. The van der Waals surface area contributed by atoms with Gasteiger partial charge in [0.1, 0.15) is 12.3 Å². The number of amides is 2. The van der Waals surface area contributed by atoms with E-state index in [1.807, 2.05) is 51.1 Å². The highest BCUT2D eigenvalue weighted by Gasteiger charge is 2.28. The van der Waals surface area contributed by atoms with Crippen molar-refractivity contribution >= 4 is 33.2 Å². The number of carbonyl (C=O) groups excluding carboxylic acids is 2. The van der Waals surface area contributed by atoms with Crippen molar-refractivity contribution in [2.75, 3.05) is 22.8 Å². The first-order valence-electron chi connectivity index (χ1n) is 13.3. The summed E-state index contributed by atoms with van der Waals surface area (Å²) in [6, 6.07) is 28.8. The van der Waals surface area contributed by atoms with Gasteiger partial charge in [-0.25, -0.2) is 8.42 Å². The van der Waals surface area contributed by atoms with Gasteiger partial charge in [-0.2, -0.15) is 0 Å². The molecule has 0 radical (unpaired) electrons. The van der Waals surface area contributed by atoms with E-state index in [1.54, 1.807) is 60.7 Å². The Morgan fingerprint density at radius 3 is 2.15 bits per heavy atom. The summed E-state index contributed by atoms with van der Waals surface area (Å²) in [6.07, 6.45) is 0. The minimum atomic E-state index is -4.12. The first-order valence-corrected chi connectivity index (χ1v) is 14.7. The van der Waals surface area contributed by atoms with E-state index in [0.29, 0.717) is 18.0 Å². The first-order chi connectivity index (χ1) is 19.7. The SMILES string of the molecule is CCOc1ccc(S(=O)(=O)N(CC(=O)Nc2ccccc2C(=O)N[C@@H](C)c2ccccc2)c2ccc(C)cc2)cc1. The average Bonchev–Trinajstić information content (AvgIpc) is 2.97. The van der Waals surface area contributed by atoms with E-state index in [2.05, 4.69) is 10.6 Å². The number of rotatable bonds is 11. The Balaban J connectivity index is 1.57. The van der Waals surface area contributed by atoms with Crippen LogP contribution in [0.25, 0.3) is 0 Å². The normalized spacial score (nSPS) is 11.8. The maximum Gasteiger partial charge on any atom is 0.264 e. The van der Waals surface area contributed by atoms with E-state index < -0.39 is 22.5 Å². The number of nitrogens with one attached hydrogen (secondary N) is 2. The molecule has 0 aliphatic carbocycles. The van der Waals surface area contributed by atoms with Crippen molar-refractivity contribution in [3.05, 3.63) is 120 Å². The van der Waals surface area contributed by atoms with Gasteiger partial charge in [-0.1, -0.05) is 60.2 Å². The van der Waals surface area contributed by atoms with Gasteiger partial charge in [0.2, 0.25) is 5.91 Å². The molecule has 0 bridgehead atoms. The van der Waals surface area contributed by atoms with Crippen molar-refractivity contribution in [2.24, 2.45) is 0 Å². The van der Waals surface area contributed by atoms with E-state index in [0.717, 1.165) is 15.4 Å².